The topological polar surface area (TPSA) is 59.9 Å². The maximum atomic E-state index is 14.3. The number of carbonyl (C=O) groups is 1. The van der Waals surface area contributed by atoms with Gasteiger partial charge in [0, 0.05) is 6.54 Å². The van der Waals surface area contributed by atoms with Crippen LogP contribution in [0.2, 0.25) is 0 Å². The van der Waals surface area contributed by atoms with Crippen LogP contribution in [0.4, 0.5) is 22.0 Å². The Morgan fingerprint density at radius 3 is 2.19 bits per heavy atom. The van der Waals surface area contributed by atoms with Crippen LogP contribution in [0, 0.1) is 5.92 Å². The van der Waals surface area contributed by atoms with E-state index in [1.54, 1.807) is 0 Å². The molecular formula is C26H29F5N2O3. The van der Waals surface area contributed by atoms with Crippen molar-refractivity contribution in [3.63, 3.8) is 0 Å². The molecule has 0 atom stereocenters. The van der Waals surface area contributed by atoms with Crippen molar-refractivity contribution in [3.8, 4) is 5.75 Å². The Labute approximate surface area is 206 Å². The van der Waals surface area contributed by atoms with E-state index in [0.29, 0.717) is 23.3 Å². The fraction of sp³-hybridized carbons (Fsp3) is 0.462. The van der Waals surface area contributed by atoms with Crippen molar-refractivity contribution in [2.75, 3.05) is 6.54 Å². The summed E-state index contributed by atoms with van der Waals surface area (Å²) in [6, 6.07) is 10.2. The van der Waals surface area contributed by atoms with Gasteiger partial charge in [-0.3, -0.25) is 4.79 Å². The predicted octanol–water partition coefficient (Wildman–Crippen LogP) is 6.70. The molecule has 196 valence electrons. The lowest BCUT2D eigenvalue weighted by Crippen LogP contribution is -2.46. The van der Waals surface area contributed by atoms with Crippen LogP contribution in [0.15, 0.2) is 53.7 Å². The maximum Gasteiger partial charge on any atom is 0.482 e. The molecule has 0 aliphatic heterocycles. The molecule has 0 unspecified atom stereocenters. The van der Waals surface area contributed by atoms with Crippen LogP contribution >= 0.6 is 0 Å². The number of carbonyl (C=O) groups excluding carboxylic acids is 1. The lowest BCUT2D eigenvalue weighted by Gasteiger charge is -2.23. The molecule has 1 aliphatic rings. The number of benzene rings is 2. The van der Waals surface area contributed by atoms with Gasteiger partial charge in [0.25, 0.3) is 0 Å². The molecule has 0 radical (unpaired) electrons. The molecule has 1 aliphatic carbocycles. The van der Waals surface area contributed by atoms with E-state index < -0.39 is 23.8 Å². The normalized spacial score (nSPS) is 15.4. The summed E-state index contributed by atoms with van der Waals surface area (Å²) in [5.41, 5.74) is 0.848. The number of hydrogen-bond acceptors (Lipinski definition) is 4. The number of halogens is 5. The van der Waals surface area contributed by atoms with Crippen LogP contribution < -0.4 is 10.1 Å². The summed E-state index contributed by atoms with van der Waals surface area (Å²) in [6.07, 6.45) is -2.91. The monoisotopic (exact) mass is 512 g/mol. The number of ether oxygens (including phenoxy) is 1. The van der Waals surface area contributed by atoms with Crippen molar-refractivity contribution in [3.05, 3.63) is 65.2 Å². The van der Waals surface area contributed by atoms with Crippen LogP contribution in [-0.4, -0.2) is 24.3 Å². The van der Waals surface area contributed by atoms with Gasteiger partial charge in [-0.05, 0) is 72.7 Å². The van der Waals surface area contributed by atoms with Crippen LogP contribution in [0.5, 0.6) is 5.75 Å². The van der Waals surface area contributed by atoms with E-state index in [1.807, 2.05) is 6.92 Å². The Bertz CT molecular complexity index is 1020. The van der Waals surface area contributed by atoms with Gasteiger partial charge in [0.05, 0.1) is 11.3 Å². The number of hydrogen-bond donors (Lipinski definition) is 1. The second kappa shape index (κ2) is 12.2. The summed E-state index contributed by atoms with van der Waals surface area (Å²) < 4.78 is 71.1. The number of amides is 1. The fourth-order valence-electron chi connectivity index (χ4n) is 3.94. The van der Waals surface area contributed by atoms with Gasteiger partial charge in [-0.2, -0.15) is 22.0 Å². The summed E-state index contributed by atoms with van der Waals surface area (Å²) in [5.74, 6) is -1.44. The Morgan fingerprint density at radius 2 is 1.61 bits per heavy atom. The standard InChI is InChI=1S/C26H29F5N2O3/c1-2-23(33-35-17-19-8-12-21(13-9-19)25(27,28)29)20-10-14-22(15-11-20)36-26(30,31)24(34)32-16-18-6-4-3-5-7-18/h8-15,18H,2-7,16-17H2,1H3,(H,32,34)/b33-23+. The fourth-order valence-corrected chi connectivity index (χ4v) is 3.94. The molecular weight excluding hydrogens is 483 g/mol. The summed E-state index contributed by atoms with van der Waals surface area (Å²) in [7, 11) is 0. The number of rotatable bonds is 10. The minimum atomic E-state index is -4.41. The van der Waals surface area contributed by atoms with Crippen molar-refractivity contribution in [2.45, 2.75) is 64.3 Å². The third kappa shape index (κ3) is 7.93. The Morgan fingerprint density at radius 1 is 0.972 bits per heavy atom. The third-order valence-corrected chi connectivity index (χ3v) is 6.00. The third-order valence-electron chi connectivity index (χ3n) is 6.00. The SMILES string of the molecule is CC/C(=N\OCc1ccc(C(F)(F)F)cc1)c1ccc(OC(F)(F)C(=O)NCC2CCCCC2)cc1. The van der Waals surface area contributed by atoms with Crippen molar-refractivity contribution in [2.24, 2.45) is 11.1 Å². The predicted molar refractivity (Wildman–Crippen MR) is 125 cm³/mol. The molecule has 5 nitrogen and oxygen atoms in total. The van der Waals surface area contributed by atoms with E-state index in [0.717, 1.165) is 44.2 Å². The highest BCUT2D eigenvalue weighted by Crippen LogP contribution is 2.29. The molecule has 1 saturated carbocycles. The lowest BCUT2D eigenvalue weighted by molar-refractivity contribution is -0.193. The molecule has 1 amide bonds. The summed E-state index contributed by atoms with van der Waals surface area (Å²) >= 11 is 0. The molecule has 10 heteroatoms. The van der Waals surface area contributed by atoms with Gasteiger partial charge < -0.3 is 14.9 Å². The number of alkyl halides is 5. The minimum absolute atomic E-state index is 0.0367. The highest BCUT2D eigenvalue weighted by atomic mass is 19.4. The molecule has 0 saturated heterocycles. The minimum Gasteiger partial charge on any atom is -0.425 e. The average Bonchev–Trinajstić information content (AvgIpc) is 2.86. The average molecular weight is 513 g/mol. The van der Waals surface area contributed by atoms with E-state index in [2.05, 4.69) is 15.2 Å². The Hall–Kier alpha value is -3.17. The Balaban J connectivity index is 1.53. The lowest BCUT2D eigenvalue weighted by atomic mass is 9.89. The van der Waals surface area contributed by atoms with Gasteiger partial charge in [-0.15, -0.1) is 0 Å². The zero-order valence-corrected chi connectivity index (χ0v) is 19.9. The molecule has 0 aromatic heterocycles. The molecule has 2 aromatic rings. The highest BCUT2D eigenvalue weighted by Gasteiger charge is 2.42. The van der Waals surface area contributed by atoms with Crippen molar-refractivity contribution >= 4 is 11.6 Å². The van der Waals surface area contributed by atoms with E-state index >= 15 is 0 Å². The van der Waals surface area contributed by atoms with Gasteiger partial charge in [-0.1, -0.05) is 43.5 Å². The molecule has 1 N–H and O–H groups in total. The molecule has 2 aromatic carbocycles. The summed E-state index contributed by atoms with van der Waals surface area (Å²) in [4.78, 5) is 17.2. The van der Waals surface area contributed by atoms with Crippen LogP contribution in [0.1, 0.15) is 62.1 Å². The zero-order chi connectivity index (χ0) is 26.2. The first kappa shape index (κ1) is 27.4. The van der Waals surface area contributed by atoms with E-state index in [-0.39, 0.29) is 24.8 Å². The molecule has 3 rings (SSSR count). The van der Waals surface area contributed by atoms with Crippen LogP contribution in [0.3, 0.4) is 0 Å². The van der Waals surface area contributed by atoms with Crippen molar-refractivity contribution in [1.82, 2.24) is 5.32 Å². The largest absolute Gasteiger partial charge is 0.482 e. The smallest absolute Gasteiger partial charge is 0.425 e. The van der Waals surface area contributed by atoms with Crippen LogP contribution in [-0.2, 0) is 22.4 Å². The van der Waals surface area contributed by atoms with Crippen molar-refractivity contribution in [1.29, 1.82) is 0 Å². The van der Waals surface area contributed by atoms with Gasteiger partial charge in [0.1, 0.15) is 12.4 Å². The molecule has 36 heavy (non-hydrogen) atoms. The van der Waals surface area contributed by atoms with E-state index in [1.165, 1.54) is 36.4 Å². The number of nitrogens with one attached hydrogen (secondary N) is 1. The van der Waals surface area contributed by atoms with Gasteiger partial charge >= 0.3 is 18.2 Å². The first-order valence-corrected chi connectivity index (χ1v) is 11.9. The summed E-state index contributed by atoms with van der Waals surface area (Å²) in [6.45, 7) is 1.99. The number of oxime groups is 1. The first-order chi connectivity index (χ1) is 17.1. The van der Waals surface area contributed by atoms with E-state index in [4.69, 9.17) is 4.84 Å². The first-order valence-electron chi connectivity index (χ1n) is 11.9. The summed E-state index contributed by atoms with van der Waals surface area (Å²) in [5, 5.41) is 6.31. The zero-order valence-electron chi connectivity index (χ0n) is 19.9. The maximum absolute atomic E-state index is 14.3. The highest BCUT2D eigenvalue weighted by molar-refractivity contribution is 6.00. The quantitative estimate of drug-likeness (QED) is 0.219. The van der Waals surface area contributed by atoms with Crippen molar-refractivity contribution < 1.29 is 36.3 Å². The molecule has 0 bridgehead atoms. The van der Waals surface area contributed by atoms with Gasteiger partial charge in [0.15, 0.2) is 0 Å². The Kier molecular flexibility index (Phi) is 9.28. The second-order valence-corrected chi connectivity index (χ2v) is 8.72. The van der Waals surface area contributed by atoms with Gasteiger partial charge in [0.2, 0.25) is 0 Å². The molecule has 1 fully saturated rings. The number of nitrogens with zero attached hydrogens (tertiary/aromatic N) is 1. The van der Waals surface area contributed by atoms with Gasteiger partial charge in [-0.25, -0.2) is 0 Å². The molecule has 0 spiro atoms. The second-order valence-electron chi connectivity index (χ2n) is 8.72. The van der Waals surface area contributed by atoms with Crippen LogP contribution in [0.25, 0.3) is 0 Å². The van der Waals surface area contributed by atoms with E-state index in [9.17, 15) is 26.7 Å². The molecule has 0 heterocycles.